The number of carbonyl (C=O) groups is 1. The Bertz CT molecular complexity index is 570. The molecule has 6 heteroatoms. The van der Waals surface area contributed by atoms with E-state index in [4.69, 9.17) is 0 Å². The fourth-order valence-corrected chi connectivity index (χ4v) is 2.89. The van der Waals surface area contributed by atoms with E-state index in [9.17, 15) is 18.3 Å². The predicted molar refractivity (Wildman–Crippen MR) is 65.6 cm³/mol. The molecule has 0 aromatic heterocycles. The van der Waals surface area contributed by atoms with E-state index in [1.165, 1.54) is 12.1 Å². The zero-order valence-corrected chi connectivity index (χ0v) is 11.6. The molecule has 0 bridgehead atoms. The molecule has 0 unspecified atom stereocenters. The van der Waals surface area contributed by atoms with Crippen molar-refractivity contribution in [3.05, 3.63) is 29.3 Å². The number of carboxylic acids is 1. The van der Waals surface area contributed by atoms with Crippen LogP contribution in [0.4, 0.5) is 0 Å². The van der Waals surface area contributed by atoms with Crippen LogP contribution in [0, 0.1) is 6.92 Å². The third kappa shape index (κ3) is 3.54. The average Bonchev–Trinajstić information content (AvgIpc) is 2.13. The molecule has 100 valence electrons. The number of nitrogens with one attached hydrogen (secondary N) is 1. The molecule has 0 aliphatic heterocycles. The number of rotatable bonds is 3. The van der Waals surface area contributed by atoms with Gasteiger partial charge in [-0.3, -0.25) is 0 Å². The van der Waals surface area contributed by atoms with Gasteiger partial charge in [-0.15, -0.1) is 0 Å². The second-order valence-corrected chi connectivity index (χ2v) is 6.80. The van der Waals surface area contributed by atoms with E-state index in [0.717, 1.165) is 6.07 Å². The molecule has 0 atom stereocenters. The van der Waals surface area contributed by atoms with Crippen molar-refractivity contribution in [2.24, 2.45) is 0 Å². The van der Waals surface area contributed by atoms with Crippen LogP contribution in [0.2, 0.25) is 0 Å². The molecular formula is C12H16NO4S-. The van der Waals surface area contributed by atoms with Crippen molar-refractivity contribution in [1.82, 2.24) is 4.72 Å². The minimum absolute atomic E-state index is 0.0813. The normalized spacial score (nSPS) is 12.4. The van der Waals surface area contributed by atoms with Crippen LogP contribution in [0.15, 0.2) is 23.1 Å². The highest BCUT2D eigenvalue weighted by Gasteiger charge is 2.22. The zero-order chi connectivity index (χ0) is 14.1. The van der Waals surface area contributed by atoms with Gasteiger partial charge in [0.2, 0.25) is 10.0 Å². The Morgan fingerprint density at radius 2 is 1.83 bits per heavy atom. The monoisotopic (exact) mass is 270 g/mol. The quantitative estimate of drug-likeness (QED) is 0.863. The van der Waals surface area contributed by atoms with E-state index in [-0.39, 0.29) is 10.5 Å². The first-order chi connectivity index (χ1) is 8.03. The summed E-state index contributed by atoms with van der Waals surface area (Å²) < 4.78 is 26.5. The SMILES string of the molecule is Cc1ccc(S(=O)(=O)NC(C)(C)C)cc1C(=O)[O-]. The molecule has 0 amide bonds. The van der Waals surface area contributed by atoms with Crippen LogP contribution in [0.3, 0.4) is 0 Å². The second kappa shape index (κ2) is 4.70. The first-order valence-corrected chi connectivity index (χ1v) is 6.87. The topological polar surface area (TPSA) is 86.3 Å². The smallest absolute Gasteiger partial charge is 0.241 e. The molecule has 1 rings (SSSR count). The van der Waals surface area contributed by atoms with Gasteiger partial charge in [-0.1, -0.05) is 6.07 Å². The third-order valence-corrected chi connectivity index (χ3v) is 3.94. The molecule has 1 N–H and O–H groups in total. The lowest BCUT2D eigenvalue weighted by atomic mass is 10.1. The minimum atomic E-state index is -3.73. The number of benzene rings is 1. The minimum Gasteiger partial charge on any atom is -0.545 e. The highest BCUT2D eigenvalue weighted by atomic mass is 32.2. The fraction of sp³-hybridized carbons (Fsp3) is 0.417. The zero-order valence-electron chi connectivity index (χ0n) is 10.8. The standard InChI is InChI=1S/C12H17NO4S/c1-8-5-6-9(7-10(8)11(14)15)18(16,17)13-12(2,3)4/h5-7,13H,1-4H3,(H,14,15)/p-1. The van der Waals surface area contributed by atoms with Crippen molar-refractivity contribution in [3.63, 3.8) is 0 Å². The number of aryl methyl sites for hydroxylation is 1. The fourth-order valence-electron chi connectivity index (χ4n) is 1.45. The Hall–Kier alpha value is -1.40. The molecule has 1 aromatic rings. The third-order valence-electron chi connectivity index (χ3n) is 2.18. The number of sulfonamides is 1. The molecule has 0 saturated carbocycles. The van der Waals surface area contributed by atoms with Gasteiger partial charge < -0.3 is 9.90 Å². The van der Waals surface area contributed by atoms with E-state index in [2.05, 4.69) is 4.72 Å². The van der Waals surface area contributed by atoms with Crippen molar-refractivity contribution in [2.45, 2.75) is 38.1 Å². The molecule has 0 fully saturated rings. The molecule has 5 nitrogen and oxygen atoms in total. The van der Waals surface area contributed by atoms with Crippen LogP contribution in [-0.2, 0) is 10.0 Å². The van der Waals surface area contributed by atoms with Crippen LogP contribution < -0.4 is 9.83 Å². The maximum Gasteiger partial charge on any atom is 0.241 e. The van der Waals surface area contributed by atoms with Crippen LogP contribution in [0.5, 0.6) is 0 Å². The van der Waals surface area contributed by atoms with Gasteiger partial charge in [0.1, 0.15) is 0 Å². The van der Waals surface area contributed by atoms with Crippen molar-refractivity contribution >= 4 is 16.0 Å². The summed E-state index contributed by atoms with van der Waals surface area (Å²) in [6.45, 7) is 6.70. The van der Waals surface area contributed by atoms with Gasteiger partial charge in [0, 0.05) is 11.1 Å². The first kappa shape index (κ1) is 14.7. The number of aromatic carboxylic acids is 1. The Morgan fingerprint density at radius 1 is 1.28 bits per heavy atom. The number of carbonyl (C=O) groups excluding carboxylic acids is 1. The lowest BCUT2D eigenvalue weighted by molar-refractivity contribution is -0.255. The Labute approximate surface area is 107 Å². The lowest BCUT2D eigenvalue weighted by Gasteiger charge is -2.21. The molecule has 18 heavy (non-hydrogen) atoms. The molecule has 0 heterocycles. The summed E-state index contributed by atoms with van der Waals surface area (Å²) in [7, 11) is -3.73. The Balaban J connectivity index is 3.27. The highest BCUT2D eigenvalue weighted by molar-refractivity contribution is 7.89. The van der Waals surface area contributed by atoms with Gasteiger partial charge >= 0.3 is 0 Å². The van der Waals surface area contributed by atoms with Gasteiger partial charge in [-0.05, 0) is 45.4 Å². The van der Waals surface area contributed by atoms with E-state index in [1.807, 2.05) is 0 Å². The Morgan fingerprint density at radius 3 is 2.28 bits per heavy atom. The van der Waals surface area contributed by atoms with E-state index in [0.29, 0.717) is 5.56 Å². The molecule has 0 saturated heterocycles. The molecular weight excluding hydrogens is 254 g/mol. The summed E-state index contributed by atoms with van der Waals surface area (Å²) >= 11 is 0. The van der Waals surface area contributed by atoms with Crippen molar-refractivity contribution in [1.29, 1.82) is 0 Å². The number of hydrogen-bond acceptors (Lipinski definition) is 4. The highest BCUT2D eigenvalue weighted by Crippen LogP contribution is 2.17. The van der Waals surface area contributed by atoms with Crippen molar-refractivity contribution in [2.75, 3.05) is 0 Å². The van der Waals surface area contributed by atoms with Crippen LogP contribution in [0.25, 0.3) is 0 Å². The molecule has 0 aliphatic carbocycles. The average molecular weight is 270 g/mol. The molecule has 0 spiro atoms. The predicted octanol–water partition coefficient (Wildman–Crippen LogP) is 0.435. The molecule has 1 aromatic carbocycles. The maximum absolute atomic E-state index is 12.0. The van der Waals surface area contributed by atoms with Gasteiger partial charge in [-0.2, -0.15) is 0 Å². The van der Waals surface area contributed by atoms with E-state index >= 15 is 0 Å². The van der Waals surface area contributed by atoms with Crippen LogP contribution >= 0.6 is 0 Å². The Kier molecular flexibility index (Phi) is 3.83. The van der Waals surface area contributed by atoms with Crippen molar-refractivity contribution in [3.8, 4) is 0 Å². The maximum atomic E-state index is 12.0. The largest absolute Gasteiger partial charge is 0.545 e. The summed E-state index contributed by atoms with van der Waals surface area (Å²) in [5, 5.41) is 10.9. The van der Waals surface area contributed by atoms with Gasteiger partial charge in [0.05, 0.1) is 10.9 Å². The first-order valence-electron chi connectivity index (χ1n) is 5.39. The number of hydrogen-bond donors (Lipinski definition) is 1. The number of carboxylic acid groups (broad SMARTS) is 1. The van der Waals surface area contributed by atoms with Gasteiger partial charge in [0.15, 0.2) is 0 Å². The summed E-state index contributed by atoms with van der Waals surface area (Å²) in [6.07, 6.45) is 0. The van der Waals surface area contributed by atoms with E-state index in [1.54, 1.807) is 27.7 Å². The van der Waals surface area contributed by atoms with Gasteiger partial charge in [0.25, 0.3) is 0 Å². The summed E-state index contributed by atoms with van der Waals surface area (Å²) in [4.78, 5) is 10.8. The lowest BCUT2D eigenvalue weighted by Crippen LogP contribution is -2.40. The summed E-state index contributed by atoms with van der Waals surface area (Å²) in [6, 6.07) is 3.93. The molecule has 0 aliphatic rings. The second-order valence-electron chi connectivity index (χ2n) is 5.12. The molecule has 0 radical (unpaired) electrons. The summed E-state index contributed by atoms with van der Waals surface area (Å²) in [5.41, 5.74) is -0.290. The van der Waals surface area contributed by atoms with E-state index < -0.39 is 21.5 Å². The van der Waals surface area contributed by atoms with Gasteiger partial charge in [-0.25, -0.2) is 13.1 Å². The van der Waals surface area contributed by atoms with Crippen LogP contribution in [0.1, 0.15) is 36.7 Å². The van der Waals surface area contributed by atoms with Crippen molar-refractivity contribution < 1.29 is 18.3 Å². The summed E-state index contributed by atoms with van der Waals surface area (Å²) in [5.74, 6) is -1.39. The van der Waals surface area contributed by atoms with Crippen LogP contribution in [-0.4, -0.2) is 19.9 Å².